The number of aliphatic hydroxyl groups excluding tert-OH is 1. The van der Waals surface area contributed by atoms with E-state index in [1.165, 1.54) is 276 Å². The van der Waals surface area contributed by atoms with E-state index < -0.39 is 20.0 Å². The van der Waals surface area contributed by atoms with Crippen molar-refractivity contribution in [2.45, 2.75) is 353 Å². The van der Waals surface area contributed by atoms with Gasteiger partial charge in [0.15, 0.2) is 0 Å². The molecule has 0 saturated heterocycles. The molecule has 0 heterocycles. The first-order valence-electron chi connectivity index (χ1n) is 31.9. The number of aliphatic hydroxyl groups is 1. The lowest BCUT2D eigenvalue weighted by Crippen LogP contribution is -2.46. The summed E-state index contributed by atoms with van der Waals surface area (Å²) in [6, 6.07) is -0.755. The summed E-state index contributed by atoms with van der Waals surface area (Å²) in [5.41, 5.74) is 0. The number of unbranched alkanes of at least 4 members (excludes halogenated alkanes) is 47. The number of hydrogen-bond acceptors (Lipinski definition) is 5. The van der Waals surface area contributed by atoms with Gasteiger partial charge in [0.05, 0.1) is 39.9 Å². The molecule has 426 valence electrons. The largest absolute Gasteiger partial charge is 0.472 e. The summed E-state index contributed by atoms with van der Waals surface area (Å²) in [4.78, 5) is 23.3. The number of phosphoric ester groups is 1. The Morgan fingerprint density at radius 1 is 0.423 bits per heavy atom. The second-order valence-corrected chi connectivity index (χ2v) is 25.0. The molecule has 9 heteroatoms. The smallest absolute Gasteiger partial charge is 0.391 e. The molecule has 0 aromatic heterocycles. The molecule has 0 radical (unpaired) electrons. The van der Waals surface area contributed by atoms with Gasteiger partial charge in [0.2, 0.25) is 5.91 Å². The maximum absolute atomic E-state index is 13.0. The number of hydrogen-bond donors (Lipinski definition) is 3. The molecule has 0 aromatic carbocycles. The molecule has 0 rings (SSSR count). The third-order valence-electron chi connectivity index (χ3n) is 15.1. The Balaban J connectivity index is 3.95. The fourth-order valence-corrected chi connectivity index (χ4v) is 10.8. The van der Waals surface area contributed by atoms with E-state index in [4.69, 9.17) is 9.05 Å². The summed E-state index contributed by atoms with van der Waals surface area (Å²) in [6.45, 7) is 4.95. The lowest BCUT2D eigenvalue weighted by atomic mass is 10.0. The average Bonchev–Trinajstić information content (AvgIpc) is 3.33. The van der Waals surface area contributed by atoms with Crippen LogP contribution in [0.15, 0.2) is 0 Å². The number of nitrogens with one attached hydrogen (secondary N) is 1. The SMILES string of the molecule is CCCCCCCCCCCCCCCCCCCCCCCCCCCCCCCCCCCC(O)C(COP(=O)(O)OCC[N+](C)(C)C)NC(=O)CCCCCCCCCCCCCCCCCC. The van der Waals surface area contributed by atoms with Crippen molar-refractivity contribution in [1.82, 2.24) is 5.32 Å². The highest BCUT2D eigenvalue weighted by Crippen LogP contribution is 2.43. The Labute approximate surface area is 444 Å². The predicted octanol–water partition coefficient (Wildman–Crippen LogP) is 19.6. The number of carbonyl (C=O) groups is 1. The van der Waals surface area contributed by atoms with Gasteiger partial charge in [-0.05, 0) is 12.8 Å². The van der Waals surface area contributed by atoms with E-state index in [2.05, 4.69) is 19.2 Å². The highest BCUT2D eigenvalue weighted by molar-refractivity contribution is 7.47. The monoisotopic (exact) mass is 1030 g/mol. The number of phosphoric acid groups is 1. The zero-order valence-electron chi connectivity index (χ0n) is 48.8. The second kappa shape index (κ2) is 54.3. The molecular weight excluding hydrogens is 900 g/mol. The molecule has 0 fully saturated rings. The Hall–Kier alpha value is -0.500. The van der Waals surface area contributed by atoms with Crippen molar-refractivity contribution >= 4 is 13.7 Å². The summed E-state index contributed by atoms with van der Waals surface area (Å²) < 4.78 is 23.8. The first-order valence-corrected chi connectivity index (χ1v) is 33.4. The first-order chi connectivity index (χ1) is 34.5. The summed E-state index contributed by atoms with van der Waals surface area (Å²) >= 11 is 0. The topological polar surface area (TPSA) is 105 Å². The molecule has 71 heavy (non-hydrogen) atoms. The van der Waals surface area contributed by atoms with E-state index in [-0.39, 0.29) is 19.1 Å². The Morgan fingerprint density at radius 3 is 0.944 bits per heavy atom. The molecule has 8 nitrogen and oxygen atoms in total. The second-order valence-electron chi connectivity index (χ2n) is 23.5. The van der Waals surface area contributed by atoms with Crippen LogP contribution in [0.5, 0.6) is 0 Å². The summed E-state index contributed by atoms with van der Waals surface area (Å²) in [5, 5.41) is 14.1. The van der Waals surface area contributed by atoms with Crippen LogP contribution in [0.4, 0.5) is 0 Å². The first kappa shape index (κ1) is 70.5. The minimum atomic E-state index is -4.32. The number of rotatable bonds is 60. The van der Waals surface area contributed by atoms with Crippen LogP contribution < -0.4 is 5.32 Å². The van der Waals surface area contributed by atoms with Crippen LogP contribution in [0.1, 0.15) is 341 Å². The maximum atomic E-state index is 13.0. The Morgan fingerprint density at radius 2 is 0.676 bits per heavy atom. The summed E-state index contributed by atoms with van der Waals surface area (Å²) in [5.74, 6) is -0.136. The van der Waals surface area contributed by atoms with Crippen LogP contribution in [0.3, 0.4) is 0 Å². The molecular formula is C62H128N2O6P+. The van der Waals surface area contributed by atoms with E-state index >= 15 is 0 Å². The van der Waals surface area contributed by atoms with Gasteiger partial charge in [-0.3, -0.25) is 13.8 Å². The molecule has 3 N–H and O–H groups in total. The lowest BCUT2D eigenvalue weighted by molar-refractivity contribution is -0.870. The number of carbonyl (C=O) groups excluding carboxylic acids is 1. The van der Waals surface area contributed by atoms with E-state index in [1.807, 2.05) is 21.1 Å². The van der Waals surface area contributed by atoms with Crippen LogP contribution in [-0.2, 0) is 18.4 Å². The third-order valence-corrected chi connectivity index (χ3v) is 16.1. The van der Waals surface area contributed by atoms with Crippen LogP contribution in [0, 0.1) is 0 Å². The van der Waals surface area contributed by atoms with Crippen LogP contribution in [0.2, 0.25) is 0 Å². The zero-order chi connectivity index (χ0) is 52.0. The number of likely N-dealkylation sites (N-methyl/N-ethyl adjacent to an activating group) is 1. The van der Waals surface area contributed by atoms with E-state index in [9.17, 15) is 19.4 Å². The van der Waals surface area contributed by atoms with Gasteiger partial charge in [-0.15, -0.1) is 0 Å². The molecule has 0 aromatic rings. The van der Waals surface area contributed by atoms with E-state index in [0.29, 0.717) is 23.9 Å². The van der Waals surface area contributed by atoms with Crippen molar-refractivity contribution in [3.8, 4) is 0 Å². The van der Waals surface area contributed by atoms with Crippen molar-refractivity contribution in [3.05, 3.63) is 0 Å². The number of quaternary nitrogens is 1. The minimum Gasteiger partial charge on any atom is -0.391 e. The van der Waals surface area contributed by atoms with Gasteiger partial charge in [-0.1, -0.05) is 322 Å². The number of amides is 1. The van der Waals surface area contributed by atoms with Crippen molar-refractivity contribution in [2.75, 3.05) is 40.9 Å². The Kier molecular flexibility index (Phi) is 53.9. The summed E-state index contributed by atoms with van der Waals surface area (Å²) in [6.07, 6.45) is 66.2. The minimum absolute atomic E-state index is 0.0792. The normalized spacial score (nSPS) is 13.7. The van der Waals surface area contributed by atoms with Gasteiger partial charge in [0.1, 0.15) is 13.2 Å². The third kappa shape index (κ3) is 57.1. The highest BCUT2D eigenvalue weighted by atomic mass is 31.2. The maximum Gasteiger partial charge on any atom is 0.472 e. The molecule has 0 aliphatic rings. The molecule has 3 atom stereocenters. The van der Waals surface area contributed by atoms with Crippen LogP contribution in [0.25, 0.3) is 0 Å². The fraction of sp³-hybridized carbons (Fsp3) is 0.984. The fourth-order valence-electron chi connectivity index (χ4n) is 10.1. The van der Waals surface area contributed by atoms with Gasteiger partial charge in [0.25, 0.3) is 0 Å². The van der Waals surface area contributed by atoms with Crippen molar-refractivity contribution in [3.63, 3.8) is 0 Å². The molecule has 0 aliphatic carbocycles. The van der Waals surface area contributed by atoms with Gasteiger partial charge >= 0.3 is 7.82 Å². The standard InChI is InChI=1S/C62H127N2O6P/c1-6-8-10-12-14-16-18-20-22-24-25-26-27-28-29-30-31-32-33-34-35-36-37-38-39-40-41-43-45-47-49-51-53-55-61(65)60(59-70-71(67,68)69-58-57-64(3,4)5)63-62(66)56-54-52-50-48-46-44-42-23-21-19-17-15-13-11-9-7-2/h60-61,65H,6-59H2,1-5H3,(H-,63,66,67,68)/p+1. The quantitative estimate of drug-likeness (QED) is 0.0318. The Bertz CT molecular complexity index is 1120. The number of nitrogens with zero attached hydrogens (tertiary/aromatic N) is 1. The van der Waals surface area contributed by atoms with Crippen LogP contribution in [-0.4, -0.2) is 73.4 Å². The van der Waals surface area contributed by atoms with E-state index in [0.717, 1.165) is 38.5 Å². The average molecular weight is 1030 g/mol. The predicted molar refractivity (Wildman–Crippen MR) is 309 cm³/mol. The van der Waals surface area contributed by atoms with Gasteiger partial charge < -0.3 is 19.8 Å². The molecule has 0 saturated carbocycles. The summed E-state index contributed by atoms with van der Waals surface area (Å²) in [7, 11) is 1.64. The van der Waals surface area contributed by atoms with Gasteiger partial charge in [-0.2, -0.15) is 0 Å². The zero-order valence-corrected chi connectivity index (χ0v) is 49.7. The van der Waals surface area contributed by atoms with Gasteiger partial charge in [0, 0.05) is 6.42 Å². The molecule has 0 aliphatic heterocycles. The van der Waals surface area contributed by atoms with Crippen molar-refractivity contribution in [1.29, 1.82) is 0 Å². The molecule has 0 spiro atoms. The van der Waals surface area contributed by atoms with Gasteiger partial charge in [-0.25, -0.2) is 4.57 Å². The lowest BCUT2D eigenvalue weighted by Gasteiger charge is -2.26. The molecule has 3 unspecified atom stereocenters. The van der Waals surface area contributed by atoms with Crippen molar-refractivity contribution < 1.29 is 32.9 Å². The highest BCUT2D eigenvalue weighted by Gasteiger charge is 2.28. The molecule has 1 amide bonds. The van der Waals surface area contributed by atoms with Crippen LogP contribution >= 0.6 is 7.82 Å². The van der Waals surface area contributed by atoms with Crippen molar-refractivity contribution in [2.24, 2.45) is 0 Å². The van der Waals surface area contributed by atoms with E-state index in [1.54, 1.807) is 0 Å². The molecule has 0 bridgehead atoms.